The molecule has 6 atom stereocenters. The van der Waals surface area contributed by atoms with E-state index >= 15 is 0 Å². The Labute approximate surface area is 219 Å². The Hall–Kier alpha value is -1.29. The van der Waals surface area contributed by atoms with E-state index in [1.54, 1.807) is 4.90 Å². The molecule has 4 aliphatic rings. The molecule has 2 saturated heterocycles. The summed E-state index contributed by atoms with van der Waals surface area (Å²) in [5, 5.41) is 0. The van der Waals surface area contributed by atoms with Gasteiger partial charge in [-0.1, -0.05) is 34.1 Å². The quantitative estimate of drug-likeness (QED) is 0.316. The zero-order valence-electron chi connectivity index (χ0n) is 23.1. The summed E-state index contributed by atoms with van der Waals surface area (Å²) >= 11 is 0. The van der Waals surface area contributed by atoms with Crippen LogP contribution in [0.5, 0.6) is 0 Å². The summed E-state index contributed by atoms with van der Waals surface area (Å²) in [6.07, 6.45) is 9.28. The third kappa shape index (κ3) is 4.69. The number of carbonyl (C=O) groups is 4. The summed E-state index contributed by atoms with van der Waals surface area (Å²) in [5.41, 5.74) is -0.0993. The number of amides is 4. The van der Waals surface area contributed by atoms with Gasteiger partial charge in [-0.15, -0.1) is 9.24 Å². The van der Waals surface area contributed by atoms with Gasteiger partial charge in [0.1, 0.15) is 0 Å². The smallest absolute Gasteiger partial charge is 0.233 e. The summed E-state index contributed by atoms with van der Waals surface area (Å²) in [5.74, 6) is -0.415. The van der Waals surface area contributed by atoms with E-state index in [9.17, 15) is 19.2 Å². The van der Waals surface area contributed by atoms with E-state index in [4.69, 9.17) is 0 Å². The van der Waals surface area contributed by atoms with Gasteiger partial charge in [0.05, 0.1) is 23.7 Å². The third-order valence-electron chi connectivity index (χ3n) is 10.8. The standard InChI is InChI=1S/C29H47N2O4P/c1-6-28(4,17-36)15-18-13-19(14-18)16-30-24(32)20-9-11-22-23(12-10-21(20)25(30)33)27(35)31(26(22)34)29(5,7-2)8-3/h18-23H,6-17,36H2,1-5H3. The van der Waals surface area contributed by atoms with Crippen molar-refractivity contribution in [3.05, 3.63) is 0 Å². The summed E-state index contributed by atoms with van der Waals surface area (Å²) in [6.45, 7) is 11.2. The Bertz CT molecular complexity index is 846. The molecule has 0 aromatic rings. The SMILES string of the molecule is CCC(C)(CP)CC1CC(CN2C(=O)C3CCC4C(=O)N(C(C)(CC)CC)C(=O)C4CCC3C2=O)C1. The fourth-order valence-corrected chi connectivity index (χ4v) is 7.90. The highest BCUT2D eigenvalue weighted by Crippen LogP contribution is 2.47. The Kier molecular flexibility index (Phi) is 8.06. The van der Waals surface area contributed by atoms with Crippen LogP contribution in [0.1, 0.15) is 98.8 Å². The number of likely N-dealkylation sites (tertiary alicyclic amines) is 2. The first-order valence-corrected chi connectivity index (χ1v) is 15.3. The van der Waals surface area contributed by atoms with Crippen LogP contribution in [-0.4, -0.2) is 51.7 Å². The summed E-state index contributed by atoms with van der Waals surface area (Å²) < 4.78 is 0. The number of nitrogens with zero attached hydrogens (tertiary/aromatic N) is 2. The predicted molar refractivity (Wildman–Crippen MR) is 144 cm³/mol. The first-order chi connectivity index (χ1) is 17.0. The number of hydrogen-bond acceptors (Lipinski definition) is 4. The second-order valence-electron chi connectivity index (χ2n) is 12.9. The van der Waals surface area contributed by atoms with Crippen LogP contribution < -0.4 is 0 Å². The number of imide groups is 2. The highest BCUT2D eigenvalue weighted by Gasteiger charge is 2.56. The minimum Gasteiger partial charge on any atom is -0.282 e. The summed E-state index contributed by atoms with van der Waals surface area (Å²) in [6, 6.07) is 0. The lowest BCUT2D eigenvalue weighted by Gasteiger charge is -2.42. The van der Waals surface area contributed by atoms with Crippen LogP contribution in [0.2, 0.25) is 0 Å². The molecule has 0 N–H and O–H groups in total. The summed E-state index contributed by atoms with van der Waals surface area (Å²) in [7, 11) is 2.89. The maximum atomic E-state index is 13.4. The second kappa shape index (κ2) is 10.5. The van der Waals surface area contributed by atoms with E-state index in [1.165, 1.54) is 17.7 Å². The Balaban J connectivity index is 1.39. The van der Waals surface area contributed by atoms with Gasteiger partial charge in [0.2, 0.25) is 23.6 Å². The van der Waals surface area contributed by atoms with Gasteiger partial charge in [0, 0.05) is 12.1 Å². The number of hydrogen-bond donors (Lipinski definition) is 0. The minimum absolute atomic E-state index is 0.0316. The van der Waals surface area contributed by atoms with Crippen LogP contribution in [0.25, 0.3) is 0 Å². The van der Waals surface area contributed by atoms with Crippen molar-refractivity contribution >= 4 is 32.9 Å². The van der Waals surface area contributed by atoms with Crippen molar-refractivity contribution in [2.45, 2.75) is 104 Å². The molecule has 2 saturated carbocycles. The molecule has 36 heavy (non-hydrogen) atoms. The van der Waals surface area contributed by atoms with Crippen molar-refractivity contribution < 1.29 is 19.2 Å². The van der Waals surface area contributed by atoms with Crippen LogP contribution in [0.4, 0.5) is 0 Å². The van der Waals surface area contributed by atoms with Crippen LogP contribution >= 0.6 is 9.24 Å². The molecule has 0 aromatic heterocycles. The largest absolute Gasteiger partial charge is 0.282 e. The van der Waals surface area contributed by atoms with Gasteiger partial charge in [-0.25, -0.2) is 0 Å². The molecule has 7 heteroatoms. The molecule has 2 heterocycles. The summed E-state index contributed by atoms with van der Waals surface area (Å²) in [4.78, 5) is 56.6. The van der Waals surface area contributed by atoms with Crippen molar-refractivity contribution in [3.8, 4) is 0 Å². The molecule has 0 radical (unpaired) electrons. The monoisotopic (exact) mass is 518 g/mol. The average Bonchev–Trinajstić information content (AvgIpc) is 3.19. The van der Waals surface area contributed by atoms with E-state index in [0.29, 0.717) is 49.5 Å². The number of rotatable bonds is 9. The van der Waals surface area contributed by atoms with Gasteiger partial charge in [0.15, 0.2) is 0 Å². The number of fused-ring (bicyclic) bond motifs is 2. The predicted octanol–water partition coefficient (Wildman–Crippen LogP) is 5.05. The van der Waals surface area contributed by atoms with Crippen molar-refractivity contribution in [2.75, 3.05) is 12.7 Å². The van der Waals surface area contributed by atoms with E-state index in [0.717, 1.165) is 31.8 Å². The molecule has 4 fully saturated rings. The molecule has 2 aliphatic heterocycles. The molecule has 2 aliphatic carbocycles. The van der Waals surface area contributed by atoms with E-state index in [-0.39, 0.29) is 47.3 Å². The Morgan fingerprint density at radius 1 is 0.722 bits per heavy atom. The van der Waals surface area contributed by atoms with Gasteiger partial charge < -0.3 is 0 Å². The molecule has 0 spiro atoms. The van der Waals surface area contributed by atoms with Crippen LogP contribution in [-0.2, 0) is 19.2 Å². The van der Waals surface area contributed by atoms with E-state index in [2.05, 4.69) is 23.1 Å². The second-order valence-corrected chi connectivity index (χ2v) is 13.3. The average molecular weight is 519 g/mol. The normalized spacial score (nSPS) is 34.7. The first kappa shape index (κ1) is 27.7. The lowest BCUT2D eigenvalue weighted by molar-refractivity contribution is -0.148. The third-order valence-corrected chi connectivity index (χ3v) is 11.7. The molecular formula is C29H47N2O4P. The minimum atomic E-state index is -0.460. The Morgan fingerprint density at radius 3 is 1.56 bits per heavy atom. The van der Waals surface area contributed by atoms with E-state index < -0.39 is 5.54 Å². The highest BCUT2D eigenvalue weighted by atomic mass is 31.0. The zero-order chi connectivity index (χ0) is 26.4. The molecule has 4 amide bonds. The van der Waals surface area contributed by atoms with Crippen molar-refractivity contribution in [1.82, 2.24) is 9.80 Å². The van der Waals surface area contributed by atoms with Crippen molar-refractivity contribution in [2.24, 2.45) is 40.9 Å². The fraction of sp³-hybridized carbons (Fsp3) is 0.862. The lowest BCUT2D eigenvalue weighted by Crippen LogP contribution is -2.49. The Morgan fingerprint density at radius 2 is 1.17 bits per heavy atom. The van der Waals surface area contributed by atoms with Crippen LogP contribution in [0.15, 0.2) is 0 Å². The zero-order valence-corrected chi connectivity index (χ0v) is 24.2. The van der Waals surface area contributed by atoms with Gasteiger partial charge >= 0.3 is 0 Å². The molecule has 202 valence electrons. The van der Waals surface area contributed by atoms with Crippen molar-refractivity contribution in [3.63, 3.8) is 0 Å². The maximum absolute atomic E-state index is 13.4. The first-order valence-electron chi connectivity index (χ1n) is 14.5. The highest BCUT2D eigenvalue weighted by molar-refractivity contribution is 7.16. The molecule has 0 aromatic carbocycles. The van der Waals surface area contributed by atoms with Gasteiger partial charge in [-0.05, 0) is 88.1 Å². The molecule has 4 rings (SSSR count). The van der Waals surface area contributed by atoms with Gasteiger partial charge in [-0.3, -0.25) is 29.0 Å². The number of carbonyl (C=O) groups excluding carboxylic acids is 4. The molecule has 0 bridgehead atoms. The molecule has 6 unspecified atom stereocenters. The van der Waals surface area contributed by atoms with Gasteiger partial charge in [0.25, 0.3) is 0 Å². The van der Waals surface area contributed by atoms with Crippen molar-refractivity contribution in [1.29, 1.82) is 0 Å². The molecule has 6 nitrogen and oxygen atoms in total. The lowest BCUT2D eigenvalue weighted by atomic mass is 9.67. The van der Waals surface area contributed by atoms with Crippen LogP contribution in [0.3, 0.4) is 0 Å². The van der Waals surface area contributed by atoms with E-state index in [1.807, 2.05) is 20.8 Å². The fourth-order valence-electron chi connectivity index (χ4n) is 7.45. The topological polar surface area (TPSA) is 74.8 Å². The molecular weight excluding hydrogens is 471 g/mol. The maximum Gasteiger partial charge on any atom is 0.233 e. The van der Waals surface area contributed by atoms with Crippen LogP contribution in [0, 0.1) is 40.9 Å². The van der Waals surface area contributed by atoms with Gasteiger partial charge in [-0.2, -0.15) is 0 Å².